The lowest BCUT2D eigenvalue weighted by atomic mass is 10.0. The Morgan fingerprint density at radius 2 is 1.74 bits per heavy atom. The van der Waals surface area contributed by atoms with Crippen LogP contribution in [0.5, 0.6) is 0 Å². The van der Waals surface area contributed by atoms with Crippen LogP contribution < -0.4 is 5.32 Å². The summed E-state index contributed by atoms with van der Waals surface area (Å²) in [6.45, 7) is 0. The van der Waals surface area contributed by atoms with Crippen LogP contribution in [0.3, 0.4) is 0 Å². The third kappa shape index (κ3) is 2.91. The third-order valence-corrected chi connectivity index (χ3v) is 4.23. The van der Waals surface area contributed by atoms with Gasteiger partial charge in [-0.25, -0.2) is 4.68 Å². The molecule has 2 heterocycles. The van der Waals surface area contributed by atoms with Gasteiger partial charge in [0.05, 0.1) is 0 Å². The van der Waals surface area contributed by atoms with E-state index < -0.39 is 0 Å². The van der Waals surface area contributed by atoms with Crippen molar-refractivity contribution in [1.29, 1.82) is 0 Å². The second kappa shape index (κ2) is 6.36. The van der Waals surface area contributed by atoms with Crippen molar-refractivity contribution >= 4 is 27.6 Å². The molecule has 6 heteroatoms. The minimum Gasteiger partial charge on any atom is -0.412 e. The van der Waals surface area contributed by atoms with Crippen LogP contribution in [0.15, 0.2) is 71.5 Å². The number of hydrogen-bond donors (Lipinski definition) is 1. The van der Waals surface area contributed by atoms with Gasteiger partial charge < -0.3 is 10.8 Å². The molecule has 3 aromatic rings. The molecule has 0 aliphatic carbocycles. The molecule has 116 valence electrons. The highest BCUT2D eigenvalue weighted by molar-refractivity contribution is 9.10. The molecule has 2 aromatic carbocycles. The molecule has 5 nitrogen and oxygen atoms in total. The first kappa shape index (κ1) is 15.5. The van der Waals surface area contributed by atoms with Crippen LogP contribution in [0.25, 0.3) is 5.70 Å². The molecule has 1 aliphatic rings. The predicted molar refractivity (Wildman–Crippen MR) is 94.0 cm³/mol. The lowest BCUT2D eigenvalue weighted by Crippen LogP contribution is -2.20. The Kier molecular flexibility index (Phi) is 4.27. The summed E-state index contributed by atoms with van der Waals surface area (Å²) in [4.78, 5) is 4.32. The van der Waals surface area contributed by atoms with Gasteiger partial charge in [0, 0.05) is 10.2 Å². The van der Waals surface area contributed by atoms with Crippen LogP contribution in [-0.4, -0.2) is 20.2 Å². The molecule has 0 saturated heterocycles. The van der Waals surface area contributed by atoms with Crippen molar-refractivity contribution in [1.82, 2.24) is 14.8 Å². The fourth-order valence-corrected chi connectivity index (χ4v) is 2.88. The van der Waals surface area contributed by atoms with Gasteiger partial charge in [-0.05, 0) is 29.3 Å². The van der Waals surface area contributed by atoms with Gasteiger partial charge in [0.2, 0.25) is 5.95 Å². The van der Waals surface area contributed by atoms with Crippen molar-refractivity contribution in [3.63, 3.8) is 0 Å². The van der Waals surface area contributed by atoms with Gasteiger partial charge in [0.1, 0.15) is 12.4 Å². The lowest BCUT2D eigenvalue weighted by molar-refractivity contribution is 0.612. The van der Waals surface area contributed by atoms with Crippen LogP contribution in [-0.2, 0) is 0 Å². The molecule has 0 saturated carbocycles. The van der Waals surface area contributed by atoms with Crippen molar-refractivity contribution in [2.24, 2.45) is 0 Å². The van der Waals surface area contributed by atoms with Crippen molar-refractivity contribution < 1.29 is 5.48 Å². The average Bonchev–Trinajstić information content (AvgIpc) is 3.04. The SMILES string of the molecule is Brc1ccc(C2=CC(c3ccccc3)n3ncnc3N2)cc1.O. The monoisotopic (exact) mass is 370 g/mol. The molecule has 0 radical (unpaired) electrons. The zero-order valence-corrected chi connectivity index (χ0v) is 13.7. The van der Waals surface area contributed by atoms with Gasteiger partial charge in [-0.15, -0.1) is 0 Å². The molecule has 23 heavy (non-hydrogen) atoms. The van der Waals surface area contributed by atoms with Crippen molar-refractivity contribution in [2.45, 2.75) is 6.04 Å². The van der Waals surface area contributed by atoms with E-state index in [1.54, 1.807) is 6.33 Å². The minimum atomic E-state index is 0. The van der Waals surface area contributed by atoms with Crippen LogP contribution in [0, 0.1) is 0 Å². The highest BCUT2D eigenvalue weighted by Crippen LogP contribution is 2.31. The molecular weight excluding hydrogens is 356 g/mol. The second-order valence-corrected chi connectivity index (χ2v) is 6.01. The second-order valence-electron chi connectivity index (χ2n) is 5.10. The summed E-state index contributed by atoms with van der Waals surface area (Å²) in [5.41, 5.74) is 3.35. The van der Waals surface area contributed by atoms with E-state index in [0.717, 1.165) is 21.7 Å². The van der Waals surface area contributed by atoms with Crippen molar-refractivity contribution in [3.05, 3.63) is 82.6 Å². The summed E-state index contributed by atoms with van der Waals surface area (Å²) >= 11 is 3.47. The summed E-state index contributed by atoms with van der Waals surface area (Å²) < 4.78 is 2.97. The van der Waals surface area contributed by atoms with E-state index in [1.165, 1.54) is 5.56 Å². The predicted octanol–water partition coefficient (Wildman–Crippen LogP) is 3.27. The van der Waals surface area contributed by atoms with E-state index in [9.17, 15) is 0 Å². The van der Waals surface area contributed by atoms with Crippen LogP contribution in [0.1, 0.15) is 17.2 Å². The number of hydrogen-bond acceptors (Lipinski definition) is 3. The number of benzene rings is 2. The summed E-state index contributed by atoms with van der Waals surface area (Å²) in [5.74, 6) is 0.759. The van der Waals surface area contributed by atoms with E-state index in [4.69, 9.17) is 0 Å². The highest BCUT2D eigenvalue weighted by Gasteiger charge is 2.23. The number of nitrogens with one attached hydrogen (secondary N) is 1. The number of allylic oxidation sites excluding steroid dienone is 1. The Balaban J connectivity index is 0.00000156. The maximum Gasteiger partial charge on any atom is 0.226 e. The van der Waals surface area contributed by atoms with Gasteiger partial charge >= 0.3 is 0 Å². The normalized spacial score (nSPS) is 15.9. The maximum atomic E-state index is 4.35. The topological polar surface area (TPSA) is 74.2 Å². The van der Waals surface area contributed by atoms with E-state index in [0.29, 0.717) is 0 Å². The van der Waals surface area contributed by atoms with Crippen LogP contribution in [0.4, 0.5) is 5.95 Å². The van der Waals surface area contributed by atoms with E-state index in [1.807, 2.05) is 35.0 Å². The Hall–Kier alpha value is -2.44. The van der Waals surface area contributed by atoms with E-state index in [2.05, 4.69) is 61.7 Å². The molecule has 3 N–H and O–H groups in total. The average molecular weight is 371 g/mol. The number of nitrogens with zero attached hydrogens (tertiary/aromatic N) is 3. The number of halogens is 1. The lowest BCUT2D eigenvalue weighted by Gasteiger charge is -2.24. The number of fused-ring (bicyclic) bond motifs is 1. The molecule has 0 fully saturated rings. The molecule has 0 bridgehead atoms. The molecule has 0 amide bonds. The molecule has 1 aromatic heterocycles. The van der Waals surface area contributed by atoms with Gasteiger partial charge in [-0.1, -0.05) is 58.4 Å². The first-order valence-electron chi connectivity index (χ1n) is 7.00. The van der Waals surface area contributed by atoms with E-state index in [-0.39, 0.29) is 11.5 Å². The smallest absolute Gasteiger partial charge is 0.226 e. The van der Waals surface area contributed by atoms with E-state index >= 15 is 0 Å². The van der Waals surface area contributed by atoms with Gasteiger partial charge in [-0.2, -0.15) is 10.1 Å². The Morgan fingerprint density at radius 1 is 1.00 bits per heavy atom. The van der Waals surface area contributed by atoms with Crippen molar-refractivity contribution in [2.75, 3.05) is 5.32 Å². The van der Waals surface area contributed by atoms with Gasteiger partial charge in [0.25, 0.3) is 0 Å². The molecule has 1 unspecified atom stereocenters. The Labute approximate surface area is 142 Å². The number of rotatable bonds is 2. The summed E-state index contributed by atoms with van der Waals surface area (Å²) in [5, 5.41) is 7.70. The zero-order valence-electron chi connectivity index (χ0n) is 12.1. The van der Waals surface area contributed by atoms with Crippen LogP contribution in [0.2, 0.25) is 0 Å². The fourth-order valence-electron chi connectivity index (χ4n) is 2.62. The van der Waals surface area contributed by atoms with Crippen LogP contribution >= 0.6 is 15.9 Å². The Morgan fingerprint density at radius 3 is 2.48 bits per heavy atom. The minimum absolute atomic E-state index is 0. The summed E-state index contributed by atoms with van der Waals surface area (Å²) in [7, 11) is 0. The highest BCUT2D eigenvalue weighted by atomic mass is 79.9. The number of anilines is 1. The third-order valence-electron chi connectivity index (χ3n) is 3.70. The first-order chi connectivity index (χ1) is 10.8. The fraction of sp³-hybridized carbons (Fsp3) is 0.0588. The molecule has 0 spiro atoms. The van der Waals surface area contributed by atoms with Gasteiger partial charge in [0.15, 0.2) is 0 Å². The molecular formula is C17H15BrN4O. The quantitative estimate of drug-likeness (QED) is 0.751. The molecule has 1 atom stereocenters. The van der Waals surface area contributed by atoms with Crippen molar-refractivity contribution in [3.8, 4) is 0 Å². The Bertz CT molecular complexity index is 827. The molecule has 4 rings (SSSR count). The largest absolute Gasteiger partial charge is 0.412 e. The molecule has 1 aliphatic heterocycles. The maximum absolute atomic E-state index is 4.35. The first-order valence-corrected chi connectivity index (χ1v) is 7.80. The standard InChI is InChI=1S/C17H13BrN4.H2O/c18-14-8-6-12(7-9-14)15-10-16(13-4-2-1-3-5-13)22-17(21-15)19-11-20-22;/h1-11,16H,(H,19,20,21);1H2. The zero-order chi connectivity index (χ0) is 14.9. The van der Waals surface area contributed by atoms with Gasteiger partial charge in [-0.3, -0.25) is 0 Å². The number of aromatic nitrogens is 3. The summed E-state index contributed by atoms with van der Waals surface area (Å²) in [6.07, 6.45) is 3.76. The summed E-state index contributed by atoms with van der Waals surface area (Å²) in [6, 6.07) is 18.6.